The molecule has 2 aliphatic heterocycles. The van der Waals surface area contributed by atoms with E-state index >= 15 is 0 Å². The molecule has 1 atom stereocenters. The molecule has 3 aliphatic rings. The number of fused-ring (bicyclic) bond motifs is 2. The summed E-state index contributed by atoms with van der Waals surface area (Å²) in [6.45, 7) is 3.91. The highest BCUT2D eigenvalue weighted by Gasteiger charge is 2.53. The van der Waals surface area contributed by atoms with Crippen LogP contribution in [-0.4, -0.2) is 47.8 Å². The molecule has 1 spiro atoms. The minimum absolute atomic E-state index is 0. The molecule has 1 aromatic rings. The van der Waals surface area contributed by atoms with Crippen molar-refractivity contribution in [2.24, 2.45) is 0 Å². The Bertz CT molecular complexity index is 672. The number of amides is 2. The number of benzene rings is 1. The molecule has 5 heteroatoms. The smallest absolute Gasteiger partial charge is 0.240 e. The zero-order chi connectivity index (χ0) is 17.3. The summed E-state index contributed by atoms with van der Waals surface area (Å²) in [5.41, 5.74) is 1.79. The van der Waals surface area contributed by atoms with E-state index in [9.17, 15) is 9.59 Å². The monoisotopic (exact) mass is 376 g/mol. The molecule has 1 aromatic carbocycles. The second-order valence-electron chi connectivity index (χ2n) is 7.88. The molecule has 0 bridgehead atoms. The highest BCUT2D eigenvalue weighted by molar-refractivity contribution is 6.09. The van der Waals surface area contributed by atoms with Gasteiger partial charge in [-0.1, -0.05) is 30.7 Å². The van der Waals surface area contributed by atoms with Crippen LogP contribution in [0.4, 0.5) is 0 Å². The summed E-state index contributed by atoms with van der Waals surface area (Å²) >= 11 is 0. The van der Waals surface area contributed by atoms with Gasteiger partial charge in [-0.2, -0.15) is 0 Å². The Labute approximate surface area is 162 Å². The molecule has 1 aliphatic carbocycles. The normalized spacial score (nSPS) is 26.1. The van der Waals surface area contributed by atoms with Gasteiger partial charge in [0.15, 0.2) is 0 Å². The zero-order valence-corrected chi connectivity index (χ0v) is 16.2. The molecule has 0 saturated carbocycles. The lowest BCUT2D eigenvalue weighted by Gasteiger charge is -2.33. The summed E-state index contributed by atoms with van der Waals surface area (Å²) in [6, 6.07) is 8.22. The van der Waals surface area contributed by atoms with Gasteiger partial charge in [-0.3, -0.25) is 14.5 Å². The van der Waals surface area contributed by atoms with Crippen LogP contribution >= 0.6 is 12.4 Å². The molecule has 0 N–H and O–H groups in total. The van der Waals surface area contributed by atoms with E-state index in [0.717, 1.165) is 37.8 Å². The summed E-state index contributed by atoms with van der Waals surface area (Å²) in [7, 11) is 0. The molecule has 2 saturated heterocycles. The Morgan fingerprint density at radius 3 is 2.54 bits per heavy atom. The molecular formula is C21H29ClN2O2. The highest BCUT2D eigenvalue weighted by atomic mass is 35.5. The summed E-state index contributed by atoms with van der Waals surface area (Å²) in [5, 5.41) is 0. The van der Waals surface area contributed by atoms with Crippen LogP contribution < -0.4 is 0 Å². The number of aryl methyl sites for hydroxylation is 1. The van der Waals surface area contributed by atoms with Crippen LogP contribution in [-0.2, 0) is 21.4 Å². The molecule has 0 aromatic heterocycles. The van der Waals surface area contributed by atoms with Crippen molar-refractivity contribution in [1.82, 2.24) is 9.80 Å². The number of likely N-dealkylation sites (tertiary alicyclic amines) is 2. The lowest BCUT2D eigenvalue weighted by atomic mass is 9.69. The number of halogens is 1. The first-order chi connectivity index (χ1) is 12.2. The van der Waals surface area contributed by atoms with Gasteiger partial charge in [0.25, 0.3) is 0 Å². The van der Waals surface area contributed by atoms with Crippen LogP contribution in [0.5, 0.6) is 0 Å². The first-order valence-electron chi connectivity index (χ1n) is 9.86. The van der Waals surface area contributed by atoms with Gasteiger partial charge in [-0.15, -0.1) is 12.4 Å². The third-order valence-corrected chi connectivity index (χ3v) is 6.30. The van der Waals surface area contributed by atoms with Crippen molar-refractivity contribution in [2.75, 3.05) is 26.2 Å². The SMILES string of the molecule is Cl.O=C1CC2(CCCc3ccccc32)C(=O)N1CCCN1CCCCC1. The molecule has 0 radical (unpaired) electrons. The van der Waals surface area contributed by atoms with Crippen LogP contribution in [0.15, 0.2) is 24.3 Å². The average Bonchev–Trinajstić information content (AvgIpc) is 2.88. The van der Waals surface area contributed by atoms with Crippen LogP contribution in [0.1, 0.15) is 56.1 Å². The first kappa shape index (κ1) is 19.4. The summed E-state index contributed by atoms with van der Waals surface area (Å²) in [6.07, 6.45) is 8.00. The lowest BCUT2D eigenvalue weighted by molar-refractivity contribution is -0.140. The Balaban J connectivity index is 0.00000196. The maximum absolute atomic E-state index is 13.2. The van der Waals surface area contributed by atoms with E-state index in [2.05, 4.69) is 17.0 Å². The quantitative estimate of drug-likeness (QED) is 0.757. The minimum atomic E-state index is -0.572. The minimum Gasteiger partial charge on any atom is -0.303 e. The predicted octanol–water partition coefficient (Wildman–Crippen LogP) is 3.32. The van der Waals surface area contributed by atoms with E-state index in [1.165, 1.54) is 37.9 Å². The van der Waals surface area contributed by atoms with E-state index in [4.69, 9.17) is 0 Å². The van der Waals surface area contributed by atoms with Gasteiger partial charge in [0.1, 0.15) is 0 Å². The van der Waals surface area contributed by atoms with Crippen molar-refractivity contribution in [3.8, 4) is 0 Å². The fourth-order valence-electron chi connectivity index (χ4n) is 4.99. The van der Waals surface area contributed by atoms with Crippen molar-refractivity contribution in [3.05, 3.63) is 35.4 Å². The Morgan fingerprint density at radius 1 is 0.962 bits per heavy atom. The van der Waals surface area contributed by atoms with E-state index in [-0.39, 0.29) is 24.2 Å². The van der Waals surface area contributed by atoms with Gasteiger partial charge in [0.05, 0.1) is 5.41 Å². The van der Waals surface area contributed by atoms with E-state index in [1.54, 1.807) is 4.90 Å². The van der Waals surface area contributed by atoms with Gasteiger partial charge < -0.3 is 4.90 Å². The molecule has 2 fully saturated rings. The number of hydrogen-bond donors (Lipinski definition) is 0. The van der Waals surface area contributed by atoms with Crippen molar-refractivity contribution in [2.45, 2.75) is 56.8 Å². The van der Waals surface area contributed by atoms with Gasteiger partial charge in [0, 0.05) is 13.0 Å². The van der Waals surface area contributed by atoms with Crippen molar-refractivity contribution < 1.29 is 9.59 Å². The number of piperidine rings is 1. The highest BCUT2D eigenvalue weighted by Crippen LogP contribution is 2.45. The zero-order valence-electron chi connectivity index (χ0n) is 15.4. The average molecular weight is 377 g/mol. The molecule has 1 unspecified atom stereocenters. The van der Waals surface area contributed by atoms with E-state index in [0.29, 0.717) is 13.0 Å². The van der Waals surface area contributed by atoms with Crippen LogP contribution in [0.25, 0.3) is 0 Å². The number of nitrogens with zero attached hydrogens (tertiary/aromatic N) is 2. The molecule has 4 nitrogen and oxygen atoms in total. The third kappa shape index (κ3) is 3.41. The Kier molecular flexibility index (Phi) is 6.03. The Morgan fingerprint density at radius 2 is 1.73 bits per heavy atom. The lowest BCUT2D eigenvalue weighted by Crippen LogP contribution is -2.41. The van der Waals surface area contributed by atoms with E-state index < -0.39 is 5.41 Å². The van der Waals surface area contributed by atoms with Crippen LogP contribution in [0, 0.1) is 0 Å². The number of imide groups is 1. The predicted molar refractivity (Wildman–Crippen MR) is 105 cm³/mol. The number of rotatable bonds is 4. The summed E-state index contributed by atoms with van der Waals surface area (Å²) in [5.74, 6) is 0.0867. The van der Waals surface area contributed by atoms with Crippen molar-refractivity contribution >= 4 is 24.2 Å². The molecule has 26 heavy (non-hydrogen) atoms. The molecule has 4 rings (SSSR count). The number of hydrogen-bond acceptors (Lipinski definition) is 3. The standard InChI is InChI=1S/C21H28N2O2.ClH/c24-19-16-21(11-6-9-17-8-2-3-10-18(17)21)20(25)23(19)15-7-14-22-12-4-1-5-13-22;/h2-3,8,10H,1,4-7,9,11-16H2;1H. The van der Waals surface area contributed by atoms with Crippen molar-refractivity contribution in [3.63, 3.8) is 0 Å². The largest absolute Gasteiger partial charge is 0.303 e. The van der Waals surface area contributed by atoms with Gasteiger partial charge in [-0.05, 0) is 69.3 Å². The van der Waals surface area contributed by atoms with Gasteiger partial charge in [-0.25, -0.2) is 0 Å². The maximum Gasteiger partial charge on any atom is 0.240 e. The van der Waals surface area contributed by atoms with Gasteiger partial charge >= 0.3 is 0 Å². The topological polar surface area (TPSA) is 40.6 Å². The molecule has 142 valence electrons. The first-order valence-corrected chi connectivity index (χ1v) is 9.86. The molecular weight excluding hydrogens is 348 g/mol. The van der Waals surface area contributed by atoms with Gasteiger partial charge in [0.2, 0.25) is 11.8 Å². The maximum atomic E-state index is 13.2. The fourth-order valence-corrected chi connectivity index (χ4v) is 4.99. The molecule has 2 amide bonds. The second kappa shape index (κ2) is 8.10. The fraction of sp³-hybridized carbons (Fsp3) is 0.619. The second-order valence-corrected chi connectivity index (χ2v) is 7.88. The molecule has 2 heterocycles. The summed E-state index contributed by atoms with van der Waals surface area (Å²) < 4.78 is 0. The number of carbonyl (C=O) groups excluding carboxylic acids is 2. The third-order valence-electron chi connectivity index (χ3n) is 6.30. The number of carbonyl (C=O) groups is 2. The van der Waals surface area contributed by atoms with Crippen molar-refractivity contribution in [1.29, 1.82) is 0 Å². The summed E-state index contributed by atoms with van der Waals surface area (Å²) in [4.78, 5) is 29.9. The Hall–Kier alpha value is -1.39. The van der Waals surface area contributed by atoms with Crippen LogP contribution in [0.3, 0.4) is 0 Å². The van der Waals surface area contributed by atoms with E-state index in [1.807, 2.05) is 12.1 Å². The van der Waals surface area contributed by atoms with Crippen LogP contribution in [0.2, 0.25) is 0 Å².